The third-order valence-corrected chi connectivity index (χ3v) is 5.14. The fraction of sp³-hybridized carbons (Fsp3) is 0.312. The number of fused-ring (bicyclic) bond motifs is 1. The summed E-state index contributed by atoms with van der Waals surface area (Å²) in [4.78, 5) is 6.21. The van der Waals surface area contributed by atoms with Gasteiger partial charge in [-0.2, -0.15) is 21.6 Å². The second-order valence-corrected chi connectivity index (χ2v) is 7.40. The van der Waals surface area contributed by atoms with E-state index in [1.807, 2.05) is 0 Å². The predicted molar refractivity (Wildman–Crippen MR) is 94.1 cm³/mol. The van der Waals surface area contributed by atoms with E-state index in [9.17, 15) is 30.4 Å². The van der Waals surface area contributed by atoms with Gasteiger partial charge in [0.05, 0.1) is 19.8 Å². The fourth-order valence-corrected chi connectivity index (χ4v) is 3.79. The van der Waals surface area contributed by atoms with E-state index in [4.69, 9.17) is 9.47 Å². The number of rotatable bonds is 7. The first kappa shape index (κ1) is 23.2. The number of aromatic nitrogens is 2. The Morgan fingerprint density at radius 1 is 1.16 bits per heavy atom. The van der Waals surface area contributed by atoms with Crippen LogP contribution in [0.15, 0.2) is 43.8 Å². The summed E-state index contributed by atoms with van der Waals surface area (Å²) >= 11 is 0. The zero-order valence-corrected chi connectivity index (χ0v) is 17.0. The lowest BCUT2D eigenvalue weighted by Gasteiger charge is -2.15. The molecule has 0 bridgehead atoms. The van der Waals surface area contributed by atoms with Crippen LogP contribution in [0.25, 0.3) is 0 Å². The van der Waals surface area contributed by atoms with Crippen LogP contribution in [0.4, 0.5) is 22.0 Å². The van der Waals surface area contributed by atoms with Crippen LogP contribution >= 0.6 is 0 Å². The summed E-state index contributed by atoms with van der Waals surface area (Å²) in [5, 5.41) is 3.75. The Hall–Kier alpha value is -3.43. The van der Waals surface area contributed by atoms with Gasteiger partial charge in [-0.3, -0.25) is 0 Å². The van der Waals surface area contributed by atoms with Crippen LogP contribution in [0.5, 0.6) is 17.5 Å². The summed E-state index contributed by atoms with van der Waals surface area (Å²) in [7, 11) is -2.70. The van der Waals surface area contributed by atoms with Crippen molar-refractivity contribution >= 4 is 16.0 Å². The number of halogens is 5. The van der Waals surface area contributed by atoms with Gasteiger partial charge >= 0.3 is 23.6 Å². The van der Waals surface area contributed by atoms with Gasteiger partial charge in [0.15, 0.2) is 6.20 Å². The highest BCUT2D eigenvalue weighted by molar-refractivity contribution is 7.90. The molecule has 10 nitrogen and oxygen atoms in total. The van der Waals surface area contributed by atoms with E-state index in [0.29, 0.717) is 6.07 Å². The fourth-order valence-electron chi connectivity index (χ4n) is 2.57. The van der Waals surface area contributed by atoms with Crippen molar-refractivity contribution in [2.24, 2.45) is 14.5 Å². The van der Waals surface area contributed by atoms with Gasteiger partial charge in [0, 0.05) is 0 Å². The summed E-state index contributed by atoms with van der Waals surface area (Å²) in [6.45, 7) is -1.34. The van der Waals surface area contributed by atoms with Crippen molar-refractivity contribution in [3.63, 3.8) is 0 Å². The minimum Gasteiger partial charge on any atom is -0.488 e. The molecule has 16 heteroatoms. The van der Waals surface area contributed by atoms with Crippen molar-refractivity contribution in [2.45, 2.75) is 17.5 Å². The van der Waals surface area contributed by atoms with Gasteiger partial charge in [-0.25, -0.2) is 8.78 Å². The monoisotopic (exact) mass is 482 g/mol. The lowest BCUT2D eigenvalue weighted by molar-refractivity contribution is -0.566. The molecule has 172 valence electrons. The maximum absolute atomic E-state index is 13.5. The lowest BCUT2D eigenvalue weighted by atomic mass is 10.2. The number of guanidine groups is 1. The molecule has 0 amide bonds. The van der Waals surface area contributed by atoms with Gasteiger partial charge in [-0.05, 0) is 17.2 Å². The molecule has 0 saturated carbocycles. The molecular weight excluding hydrogens is 469 g/mol. The average Bonchev–Trinajstić information content (AvgIpc) is 3.13. The van der Waals surface area contributed by atoms with Crippen molar-refractivity contribution in [3.05, 3.63) is 35.4 Å². The maximum atomic E-state index is 13.5. The molecule has 0 unspecified atom stereocenters. The Balaban J connectivity index is 2.20. The zero-order valence-electron chi connectivity index (χ0n) is 16.2. The first-order chi connectivity index (χ1) is 15.0. The first-order valence-corrected chi connectivity index (χ1v) is 9.85. The van der Waals surface area contributed by atoms with Gasteiger partial charge in [0.2, 0.25) is 5.75 Å². The second-order valence-electron chi connectivity index (χ2n) is 5.86. The normalized spacial score (nSPS) is 14.7. The van der Waals surface area contributed by atoms with Crippen LogP contribution in [-0.4, -0.2) is 46.6 Å². The molecule has 0 aliphatic carbocycles. The molecule has 0 radical (unpaired) electrons. The molecule has 0 saturated heterocycles. The molecule has 0 atom stereocenters. The zero-order chi connectivity index (χ0) is 23.7. The summed E-state index contributed by atoms with van der Waals surface area (Å²) in [5.41, 5.74) is -1.75. The van der Waals surface area contributed by atoms with Crippen LogP contribution in [0, 0.1) is 0 Å². The Morgan fingerprint density at radius 2 is 1.88 bits per heavy atom. The lowest BCUT2D eigenvalue weighted by Crippen LogP contribution is -2.37. The summed E-state index contributed by atoms with van der Waals surface area (Å²) in [6.07, 6.45) is -7.04. The van der Waals surface area contributed by atoms with Crippen LogP contribution in [-0.2, 0) is 16.2 Å². The van der Waals surface area contributed by atoms with E-state index in [2.05, 4.69) is 24.2 Å². The Kier molecular flexibility index (Phi) is 6.25. The highest BCUT2D eigenvalue weighted by atomic mass is 32.2. The molecular formula is C16H13F5N5O5S+. The third-order valence-electron chi connectivity index (χ3n) is 3.80. The number of ether oxygens (including phenoxy) is 3. The number of hydrogen-bond acceptors (Lipinski definition) is 6. The molecule has 3 rings (SSSR count). The van der Waals surface area contributed by atoms with Gasteiger partial charge in [-0.1, -0.05) is 20.4 Å². The molecule has 2 heterocycles. The van der Waals surface area contributed by atoms with Gasteiger partial charge in [-0.15, -0.1) is 4.40 Å². The maximum Gasteiger partial charge on any atom is 0.459 e. The van der Waals surface area contributed by atoms with Crippen LogP contribution < -0.4 is 24.1 Å². The second kappa shape index (κ2) is 8.60. The van der Waals surface area contributed by atoms with Crippen molar-refractivity contribution in [2.75, 3.05) is 20.8 Å². The molecule has 1 aromatic heterocycles. The SMILES string of the molecule is COc1cnc(OC)[n+]2c1=NC(=NS(=O)(=O)c1c(OCC(F)F)cccc1C(F)(F)F)N=2. The molecule has 2 aromatic rings. The van der Waals surface area contributed by atoms with Crippen molar-refractivity contribution < 1.29 is 48.9 Å². The third kappa shape index (κ3) is 4.58. The number of hydrogen-bond donors (Lipinski definition) is 0. The van der Waals surface area contributed by atoms with Gasteiger partial charge < -0.3 is 14.2 Å². The smallest absolute Gasteiger partial charge is 0.459 e. The molecule has 0 spiro atoms. The van der Waals surface area contributed by atoms with E-state index in [1.165, 1.54) is 20.4 Å². The Morgan fingerprint density at radius 3 is 2.47 bits per heavy atom. The number of alkyl halides is 5. The summed E-state index contributed by atoms with van der Waals surface area (Å²) in [5.74, 6) is -1.70. The van der Waals surface area contributed by atoms with E-state index >= 15 is 0 Å². The minimum atomic E-state index is -5.20. The Labute approximate surface area is 176 Å². The average molecular weight is 482 g/mol. The van der Waals surface area contributed by atoms with Crippen LogP contribution in [0.1, 0.15) is 5.56 Å². The number of nitrogens with zero attached hydrogens (tertiary/aromatic N) is 5. The highest BCUT2D eigenvalue weighted by Gasteiger charge is 2.40. The molecule has 1 aliphatic heterocycles. The van der Waals surface area contributed by atoms with Crippen molar-refractivity contribution in [1.82, 2.24) is 4.98 Å². The standard InChI is InChI=1S/C16H13F5N5O5S/c1-29-10-6-22-15(30-2)26-13(10)23-14(24-26)25-32(27,28)12-8(16(19,20)21)4-3-5-9(12)31-7-11(17)18/h3-6,11H,7H2,1-2H3/q+1. The van der Waals surface area contributed by atoms with Crippen molar-refractivity contribution in [1.29, 1.82) is 0 Å². The van der Waals surface area contributed by atoms with E-state index in [-0.39, 0.29) is 17.2 Å². The predicted octanol–water partition coefficient (Wildman–Crippen LogP) is 1.46. The van der Waals surface area contributed by atoms with Gasteiger partial charge in [0.1, 0.15) is 17.3 Å². The van der Waals surface area contributed by atoms with Gasteiger partial charge in [0.25, 0.3) is 16.4 Å². The first-order valence-electron chi connectivity index (χ1n) is 8.41. The topological polar surface area (TPSA) is 118 Å². The molecule has 1 aliphatic rings. The molecule has 32 heavy (non-hydrogen) atoms. The number of sulfonamides is 1. The molecule has 0 fully saturated rings. The highest BCUT2D eigenvalue weighted by Crippen LogP contribution is 2.39. The quantitative estimate of drug-likeness (QED) is 0.436. The molecule has 1 aromatic carbocycles. The Bertz CT molecular complexity index is 1250. The van der Waals surface area contributed by atoms with Crippen molar-refractivity contribution in [3.8, 4) is 17.5 Å². The molecule has 0 N–H and O–H groups in total. The van der Waals surface area contributed by atoms with E-state index in [0.717, 1.165) is 16.5 Å². The largest absolute Gasteiger partial charge is 0.488 e. The number of benzene rings is 1. The minimum absolute atomic E-state index is 0.0359. The van der Waals surface area contributed by atoms with Crippen LogP contribution in [0.2, 0.25) is 0 Å². The number of methoxy groups -OCH3 is 2. The van der Waals surface area contributed by atoms with E-state index < -0.39 is 51.4 Å². The summed E-state index contributed by atoms with van der Waals surface area (Å²) in [6, 6.07) is 1.91. The summed E-state index contributed by atoms with van der Waals surface area (Å²) < 4.78 is 110. The van der Waals surface area contributed by atoms with E-state index in [1.54, 1.807) is 0 Å². The van der Waals surface area contributed by atoms with Crippen LogP contribution in [0.3, 0.4) is 0 Å².